The van der Waals surface area contributed by atoms with Crippen molar-refractivity contribution in [2.75, 3.05) is 5.21 Å². The van der Waals surface area contributed by atoms with Gasteiger partial charge in [-0.3, -0.25) is 14.4 Å². The van der Waals surface area contributed by atoms with Gasteiger partial charge in [-0.2, -0.15) is 0 Å². The second-order valence-corrected chi connectivity index (χ2v) is 12.1. The van der Waals surface area contributed by atoms with Gasteiger partial charge in [0.05, 0.1) is 11.3 Å². The second kappa shape index (κ2) is 8.41. The highest BCUT2D eigenvalue weighted by Gasteiger charge is 2.78. The van der Waals surface area contributed by atoms with E-state index in [1.165, 1.54) is 19.1 Å². The first-order valence-corrected chi connectivity index (χ1v) is 13.3. The lowest BCUT2D eigenvalue weighted by Gasteiger charge is -2.63. The van der Waals surface area contributed by atoms with E-state index in [2.05, 4.69) is 0 Å². The van der Waals surface area contributed by atoms with Crippen LogP contribution in [-0.4, -0.2) is 50.7 Å². The molecule has 34 heavy (non-hydrogen) atoms. The van der Waals surface area contributed by atoms with Crippen LogP contribution in [0.5, 0.6) is 0 Å². The summed E-state index contributed by atoms with van der Waals surface area (Å²) in [5.41, 5.74) is -6.46. The molecule has 0 radical (unpaired) electrons. The number of rotatable bonds is 4. The first-order chi connectivity index (χ1) is 15.8. The Labute approximate surface area is 207 Å². The maximum atomic E-state index is 17.3. The van der Waals surface area contributed by atoms with Gasteiger partial charge in [-0.1, -0.05) is 38.6 Å². The number of alkyl halides is 3. The van der Waals surface area contributed by atoms with E-state index in [-0.39, 0.29) is 30.0 Å². The van der Waals surface area contributed by atoms with Crippen molar-refractivity contribution in [2.24, 2.45) is 28.6 Å². The summed E-state index contributed by atoms with van der Waals surface area (Å²) in [5, 5.41) is 11.0. The third-order valence-electron chi connectivity index (χ3n) is 9.22. The molecule has 1 N–H and O–H groups in total. The summed E-state index contributed by atoms with van der Waals surface area (Å²) < 4.78 is 38.7. The molecule has 0 aromatic rings. The zero-order valence-electron chi connectivity index (χ0n) is 19.8. The van der Waals surface area contributed by atoms with Crippen LogP contribution in [0.2, 0.25) is 0 Å². The Morgan fingerprint density at radius 2 is 1.97 bits per heavy atom. The predicted octanol–water partition coefficient (Wildman–Crippen LogP) is 4.70. The smallest absolute Gasteiger partial charge is 0.306 e. The Balaban J connectivity index is 1.87. The van der Waals surface area contributed by atoms with Gasteiger partial charge in [-0.25, -0.2) is 8.78 Å². The van der Waals surface area contributed by atoms with Crippen molar-refractivity contribution >= 4 is 40.2 Å². The number of esters is 1. The van der Waals surface area contributed by atoms with E-state index in [9.17, 15) is 19.5 Å². The molecule has 0 bridgehead atoms. The van der Waals surface area contributed by atoms with Gasteiger partial charge >= 0.3 is 5.97 Å². The molecular formula is C25H31ClF2O5S. The summed E-state index contributed by atoms with van der Waals surface area (Å²) in [6.07, 6.45) is 0.613. The van der Waals surface area contributed by atoms with Gasteiger partial charge in [-0.15, -0.1) is 11.6 Å². The second-order valence-electron chi connectivity index (χ2n) is 10.6. The molecule has 3 fully saturated rings. The van der Waals surface area contributed by atoms with Gasteiger partial charge in [0, 0.05) is 29.1 Å². The molecule has 0 aromatic carbocycles. The van der Waals surface area contributed by atoms with Crippen LogP contribution in [0.25, 0.3) is 0 Å². The quantitative estimate of drug-likeness (QED) is 0.431. The molecule has 188 valence electrons. The summed E-state index contributed by atoms with van der Waals surface area (Å²) in [4.78, 5) is 38.0. The van der Waals surface area contributed by atoms with Crippen LogP contribution in [0.15, 0.2) is 23.8 Å². The summed E-state index contributed by atoms with van der Waals surface area (Å²) in [6.45, 7) is 6.69. The van der Waals surface area contributed by atoms with Crippen LogP contribution in [-0.2, 0) is 19.1 Å². The Kier molecular flexibility index (Phi) is 6.39. The van der Waals surface area contributed by atoms with E-state index in [1.807, 2.05) is 0 Å². The molecular weight excluding hydrogens is 486 g/mol. The molecule has 4 aliphatic rings. The lowest BCUT2D eigenvalue weighted by molar-refractivity contribution is -0.228. The molecule has 5 unspecified atom stereocenters. The molecule has 0 saturated heterocycles. The van der Waals surface area contributed by atoms with Gasteiger partial charge in [0.25, 0.3) is 0 Å². The minimum Gasteiger partial charge on any atom is -0.449 e. The van der Waals surface area contributed by atoms with E-state index in [0.717, 1.165) is 17.8 Å². The number of aliphatic hydroxyl groups excluding tert-OH is 1. The Morgan fingerprint density at radius 3 is 2.59 bits per heavy atom. The van der Waals surface area contributed by atoms with E-state index in [4.69, 9.17) is 16.3 Å². The van der Waals surface area contributed by atoms with Crippen molar-refractivity contribution in [2.45, 2.75) is 76.9 Å². The van der Waals surface area contributed by atoms with Crippen molar-refractivity contribution in [1.29, 1.82) is 0 Å². The van der Waals surface area contributed by atoms with Crippen LogP contribution in [0.3, 0.4) is 0 Å². The Morgan fingerprint density at radius 1 is 1.29 bits per heavy atom. The molecule has 0 amide bonds. The number of ether oxygens (including phenoxy) is 1. The first-order valence-electron chi connectivity index (χ1n) is 11.7. The normalized spacial score (nSPS) is 47.4. The molecule has 5 nitrogen and oxygen atoms in total. The Bertz CT molecular complexity index is 986. The van der Waals surface area contributed by atoms with E-state index < -0.39 is 69.0 Å². The number of halogens is 3. The molecule has 0 aromatic heterocycles. The molecule has 9 heteroatoms. The minimum absolute atomic E-state index is 0.0462. The third-order valence-corrected chi connectivity index (χ3v) is 10.2. The number of thioether (sulfide) groups is 1. The molecule has 4 rings (SSSR count). The maximum absolute atomic E-state index is 17.3. The van der Waals surface area contributed by atoms with E-state index in [0.29, 0.717) is 6.42 Å². The number of hydrogen-bond donors (Lipinski definition) is 1. The highest BCUT2D eigenvalue weighted by Crippen LogP contribution is 2.72. The van der Waals surface area contributed by atoms with Crippen LogP contribution in [0.1, 0.15) is 53.4 Å². The largest absolute Gasteiger partial charge is 0.449 e. The van der Waals surface area contributed by atoms with Gasteiger partial charge in [0.15, 0.2) is 17.1 Å². The van der Waals surface area contributed by atoms with Crippen LogP contribution in [0.4, 0.5) is 8.78 Å². The lowest BCUT2D eigenvalue weighted by atomic mass is 9.44. The van der Waals surface area contributed by atoms with Crippen LogP contribution < -0.4 is 0 Å². The van der Waals surface area contributed by atoms with Crippen molar-refractivity contribution in [3.05, 3.63) is 23.8 Å². The Hall–Kier alpha value is -1.25. The minimum atomic E-state index is -2.25. The zero-order valence-corrected chi connectivity index (χ0v) is 21.3. The average molecular weight is 517 g/mol. The van der Waals surface area contributed by atoms with Crippen molar-refractivity contribution in [3.8, 4) is 0 Å². The number of aliphatic hydroxyl groups is 1. The highest BCUT2D eigenvalue weighted by molar-refractivity contribution is 8.14. The lowest BCUT2D eigenvalue weighted by Crippen LogP contribution is -2.70. The number of carbonyl (C=O) groups excluding carboxylic acids is 3. The van der Waals surface area contributed by atoms with Crippen LogP contribution in [0, 0.1) is 28.6 Å². The number of ketones is 1. The molecule has 0 heterocycles. The predicted molar refractivity (Wildman–Crippen MR) is 126 cm³/mol. The summed E-state index contributed by atoms with van der Waals surface area (Å²) in [6, 6.07) is 0. The number of fused-ring (bicyclic) bond motifs is 5. The molecule has 3 saturated carbocycles. The fraction of sp³-hybridized carbons (Fsp3) is 0.720. The zero-order chi connectivity index (χ0) is 25.3. The first kappa shape index (κ1) is 25.8. The monoisotopic (exact) mass is 516 g/mol. The SMILES string of the molecule is CCC(=O)O[C@]1(C(=O)SCCl)C(C)CC2C3CC(F)C4=CC(=O)C=C[C@]4(C)[C@@]3(F)C(O)C[C@@]21C. The fourth-order valence-corrected chi connectivity index (χ4v) is 8.71. The molecule has 0 aliphatic heterocycles. The average Bonchev–Trinajstić information content (AvgIpc) is 2.99. The van der Waals surface area contributed by atoms with Gasteiger partial charge in [-0.05, 0) is 49.8 Å². The van der Waals surface area contributed by atoms with Crippen LogP contribution >= 0.6 is 23.4 Å². The highest BCUT2D eigenvalue weighted by atomic mass is 35.5. The number of allylic oxidation sites excluding steroid dienone is 4. The van der Waals surface area contributed by atoms with Crippen molar-refractivity contribution in [1.82, 2.24) is 0 Å². The molecule has 0 spiro atoms. The van der Waals surface area contributed by atoms with E-state index in [1.54, 1.807) is 20.8 Å². The van der Waals surface area contributed by atoms with Crippen molar-refractivity contribution < 1.29 is 33.0 Å². The standard InChI is InChI=1S/C25H31ClF2O5S/c1-5-20(31)33-25(21(32)34-12-26)13(2)8-15-16-10-18(27)17-9-14(29)6-7-22(17,3)24(16,28)19(30)11-23(15,25)4/h6-7,9,13,15-16,18-19,30H,5,8,10-12H2,1-4H3/t13?,15?,16?,18?,19?,22-,23-,24-,25-/m0/s1. The van der Waals surface area contributed by atoms with Crippen molar-refractivity contribution in [3.63, 3.8) is 0 Å². The van der Waals surface area contributed by atoms with Gasteiger partial charge in [0.1, 0.15) is 6.17 Å². The fourth-order valence-electron chi connectivity index (χ4n) is 7.63. The maximum Gasteiger partial charge on any atom is 0.306 e. The van der Waals surface area contributed by atoms with Gasteiger partial charge < -0.3 is 9.84 Å². The number of hydrogen-bond acceptors (Lipinski definition) is 6. The topological polar surface area (TPSA) is 80.7 Å². The summed E-state index contributed by atoms with van der Waals surface area (Å²) in [7, 11) is 0. The molecule has 4 aliphatic carbocycles. The summed E-state index contributed by atoms with van der Waals surface area (Å²) in [5.74, 6) is -2.95. The molecule has 9 atom stereocenters. The van der Waals surface area contributed by atoms with E-state index >= 15 is 8.78 Å². The number of carbonyl (C=O) groups is 3. The van der Waals surface area contributed by atoms with Gasteiger partial charge in [0.2, 0.25) is 5.12 Å². The summed E-state index contributed by atoms with van der Waals surface area (Å²) >= 11 is 6.69. The third kappa shape index (κ3) is 3.10.